The van der Waals surface area contributed by atoms with Crippen LogP contribution in [0.5, 0.6) is 0 Å². The molecular weight excluding hydrogens is 526 g/mol. The van der Waals surface area contributed by atoms with Crippen LogP contribution in [0.3, 0.4) is 0 Å². The van der Waals surface area contributed by atoms with Crippen LogP contribution in [0.2, 0.25) is 0 Å². The van der Waals surface area contributed by atoms with E-state index in [2.05, 4.69) is 9.71 Å². The molecule has 1 fully saturated rings. The highest BCUT2D eigenvalue weighted by atomic mass is 32.2. The predicted octanol–water partition coefficient (Wildman–Crippen LogP) is 4.22. The number of nitrogens with one attached hydrogen (secondary N) is 1. The maximum absolute atomic E-state index is 13.5. The lowest BCUT2D eigenvalue weighted by atomic mass is 10.1. The van der Waals surface area contributed by atoms with E-state index in [-0.39, 0.29) is 42.5 Å². The van der Waals surface area contributed by atoms with E-state index in [9.17, 15) is 26.8 Å². The van der Waals surface area contributed by atoms with E-state index >= 15 is 0 Å². The molecule has 0 aliphatic carbocycles. The second kappa shape index (κ2) is 10.4. The Morgan fingerprint density at radius 2 is 1.44 bits per heavy atom. The highest BCUT2D eigenvalue weighted by Crippen LogP contribution is 2.26. The number of pyridine rings is 1. The van der Waals surface area contributed by atoms with Crippen molar-refractivity contribution in [1.82, 2.24) is 14.8 Å². The molecule has 0 radical (unpaired) electrons. The molecule has 0 atom stereocenters. The number of amides is 2. The van der Waals surface area contributed by atoms with Crippen molar-refractivity contribution in [2.45, 2.75) is 11.8 Å². The minimum atomic E-state index is -3.95. The molecule has 4 aromatic rings. The summed E-state index contributed by atoms with van der Waals surface area (Å²) in [5, 5.41) is 0.699. The number of aromatic nitrogens is 1. The van der Waals surface area contributed by atoms with Crippen LogP contribution in [0.4, 0.5) is 14.5 Å². The van der Waals surface area contributed by atoms with Gasteiger partial charge in [0, 0.05) is 48.9 Å². The summed E-state index contributed by atoms with van der Waals surface area (Å²) in [5.41, 5.74) is 1.68. The number of fused-ring (bicyclic) bond motifs is 1. The van der Waals surface area contributed by atoms with E-state index in [1.165, 1.54) is 23.2 Å². The van der Waals surface area contributed by atoms with Gasteiger partial charge >= 0.3 is 0 Å². The smallest absolute Gasteiger partial charge is 0.264 e. The first kappa shape index (κ1) is 26.2. The highest BCUT2D eigenvalue weighted by molar-refractivity contribution is 7.93. The SMILES string of the molecule is Cc1cc(C(=O)N2CCN(C(=O)c3ccc(F)c(F)c3)CC2)ccc1NS(=O)(=O)c1cccc2cccnc12. The van der Waals surface area contributed by atoms with Gasteiger partial charge in [0.05, 0.1) is 11.2 Å². The number of piperazine rings is 1. The van der Waals surface area contributed by atoms with Gasteiger partial charge in [-0.15, -0.1) is 0 Å². The van der Waals surface area contributed by atoms with Gasteiger partial charge in [0.15, 0.2) is 11.6 Å². The number of aryl methyl sites for hydroxylation is 1. The van der Waals surface area contributed by atoms with Gasteiger partial charge in [-0.05, 0) is 61.0 Å². The summed E-state index contributed by atoms with van der Waals surface area (Å²) in [4.78, 5) is 33.1. The van der Waals surface area contributed by atoms with E-state index in [0.717, 1.165) is 12.1 Å². The third-order valence-corrected chi connectivity index (χ3v) is 8.02. The van der Waals surface area contributed by atoms with Crippen molar-refractivity contribution in [2.24, 2.45) is 0 Å². The first-order chi connectivity index (χ1) is 18.6. The summed E-state index contributed by atoms with van der Waals surface area (Å²) in [6.07, 6.45) is 1.53. The number of sulfonamides is 1. The number of carbonyl (C=O) groups is 2. The molecule has 2 heterocycles. The third kappa shape index (κ3) is 5.30. The summed E-state index contributed by atoms with van der Waals surface area (Å²) < 4.78 is 55.6. The standard InChI is InChI=1S/C28H24F2N4O4S/c1-18-16-20(8-10-24(18)32-39(37,38)25-6-2-4-19-5-3-11-31-26(19)25)27(35)33-12-14-34(15-13-33)28(36)21-7-9-22(29)23(30)17-21/h2-11,16-17,32H,12-15H2,1H3. The Morgan fingerprint density at radius 3 is 2.08 bits per heavy atom. The van der Waals surface area contributed by atoms with Crippen LogP contribution in [-0.2, 0) is 10.0 Å². The average Bonchev–Trinajstić information content (AvgIpc) is 2.94. The largest absolute Gasteiger partial charge is 0.335 e. The molecule has 3 aromatic carbocycles. The lowest BCUT2D eigenvalue weighted by molar-refractivity contribution is 0.0535. The van der Waals surface area contributed by atoms with Gasteiger partial charge in [-0.2, -0.15) is 0 Å². The van der Waals surface area contributed by atoms with E-state index in [0.29, 0.717) is 27.7 Å². The minimum absolute atomic E-state index is 0.0432. The van der Waals surface area contributed by atoms with E-state index in [1.807, 2.05) is 0 Å². The number of halogens is 2. The van der Waals surface area contributed by atoms with Crippen molar-refractivity contribution in [2.75, 3.05) is 30.9 Å². The topological polar surface area (TPSA) is 99.7 Å². The van der Waals surface area contributed by atoms with Crippen molar-refractivity contribution in [3.05, 3.63) is 101 Å². The van der Waals surface area contributed by atoms with Crippen LogP contribution >= 0.6 is 0 Å². The average molecular weight is 551 g/mol. The number of hydrogen-bond donors (Lipinski definition) is 1. The zero-order chi connectivity index (χ0) is 27.7. The number of benzene rings is 3. The number of para-hydroxylation sites is 1. The molecule has 5 rings (SSSR count). The van der Waals surface area contributed by atoms with Crippen LogP contribution < -0.4 is 4.72 Å². The van der Waals surface area contributed by atoms with Crippen molar-refractivity contribution in [1.29, 1.82) is 0 Å². The fourth-order valence-corrected chi connectivity index (χ4v) is 5.82. The Morgan fingerprint density at radius 1 is 0.821 bits per heavy atom. The summed E-state index contributed by atoms with van der Waals surface area (Å²) in [7, 11) is -3.95. The lowest BCUT2D eigenvalue weighted by Crippen LogP contribution is -2.50. The Balaban J connectivity index is 1.26. The van der Waals surface area contributed by atoms with Gasteiger partial charge in [-0.3, -0.25) is 19.3 Å². The highest BCUT2D eigenvalue weighted by Gasteiger charge is 2.27. The van der Waals surface area contributed by atoms with Crippen LogP contribution in [0, 0.1) is 18.6 Å². The zero-order valence-electron chi connectivity index (χ0n) is 20.9. The second-order valence-corrected chi connectivity index (χ2v) is 10.8. The summed E-state index contributed by atoms with van der Waals surface area (Å²) in [6.45, 7) is 2.69. The van der Waals surface area contributed by atoms with Crippen LogP contribution in [-0.4, -0.2) is 61.2 Å². The molecule has 8 nitrogen and oxygen atoms in total. The molecule has 2 amide bonds. The monoisotopic (exact) mass is 550 g/mol. The quantitative estimate of drug-likeness (QED) is 0.401. The number of rotatable bonds is 5. The fourth-order valence-electron chi connectivity index (χ4n) is 4.51. The van der Waals surface area contributed by atoms with Crippen molar-refractivity contribution in [3.63, 3.8) is 0 Å². The number of hydrogen-bond acceptors (Lipinski definition) is 5. The maximum Gasteiger partial charge on any atom is 0.264 e. The first-order valence-electron chi connectivity index (χ1n) is 12.1. The van der Waals surface area contributed by atoms with Crippen molar-refractivity contribution in [3.8, 4) is 0 Å². The molecule has 1 aromatic heterocycles. The summed E-state index contributed by atoms with van der Waals surface area (Å²) in [5.74, 6) is -2.81. The second-order valence-electron chi connectivity index (χ2n) is 9.18. The molecule has 0 unspecified atom stereocenters. The first-order valence-corrected chi connectivity index (χ1v) is 13.6. The molecule has 1 aliphatic heterocycles. The Hall–Kier alpha value is -4.38. The van der Waals surface area contributed by atoms with Gasteiger partial charge in [-0.25, -0.2) is 17.2 Å². The normalized spacial score (nSPS) is 13.9. The maximum atomic E-state index is 13.5. The predicted molar refractivity (Wildman–Crippen MR) is 142 cm³/mol. The molecule has 0 bridgehead atoms. The van der Waals surface area contributed by atoms with Crippen molar-refractivity contribution >= 4 is 38.4 Å². The number of carbonyl (C=O) groups excluding carboxylic acids is 2. The molecule has 0 spiro atoms. The van der Waals surface area contributed by atoms with E-state index in [4.69, 9.17) is 0 Å². The van der Waals surface area contributed by atoms with Crippen molar-refractivity contribution < 1.29 is 26.8 Å². The summed E-state index contributed by atoms with van der Waals surface area (Å²) in [6, 6.07) is 16.1. The van der Waals surface area contributed by atoms with E-state index in [1.54, 1.807) is 54.3 Å². The van der Waals surface area contributed by atoms with Crippen LogP contribution in [0.15, 0.2) is 77.8 Å². The van der Waals surface area contributed by atoms with Gasteiger partial charge in [0.2, 0.25) is 0 Å². The lowest BCUT2D eigenvalue weighted by Gasteiger charge is -2.35. The Labute approximate surface area is 223 Å². The molecular formula is C28H24F2N4O4S. The van der Waals surface area contributed by atoms with Crippen LogP contribution in [0.1, 0.15) is 26.3 Å². The molecule has 200 valence electrons. The summed E-state index contributed by atoms with van der Waals surface area (Å²) >= 11 is 0. The van der Waals surface area contributed by atoms with Gasteiger partial charge in [-0.1, -0.05) is 18.2 Å². The Bertz CT molecular complexity index is 1700. The molecule has 11 heteroatoms. The molecule has 0 saturated carbocycles. The number of nitrogens with zero attached hydrogens (tertiary/aromatic N) is 3. The zero-order valence-corrected chi connectivity index (χ0v) is 21.7. The van der Waals surface area contributed by atoms with Gasteiger partial charge < -0.3 is 9.80 Å². The molecule has 1 N–H and O–H groups in total. The van der Waals surface area contributed by atoms with Crippen LogP contribution in [0.25, 0.3) is 10.9 Å². The number of anilines is 1. The minimum Gasteiger partial charge on any atom is -0.335 e. The molecule has 1 aliphatic rings. The van der Waals surface area contributed by atoms with Gasteiger partial charge in [0.25, 0.3) is 21.8 Å². The van der Waals surface area contributed by atoms with Gasteiger partial charge in [0.1, 0.15) is 4.90 Å². The Kier molecular flexibility index (Phi) is 7.00. The fraction of sp³-hybridized carbons (Fsp3) is 0.179. The van der Waals surface area contributed by atoms with E-state index < -0.39 is 27.6 Å². The molecule has 1 saturated heterocycles. The third-order valence-electron chi connectivity index (χ3n) is 6.62. The molecule has 39 heavy (non-hydrogen) atoms.